The number of halogens is 2. The zero-order valence-corrected chi connectivity index (χ0v) is 10.1. The van der Waals surface area contributed by atoms with Gasteiger partial charge in [-0.05, 0) is 17.7 Å². The number of nitrogens with zero attached hydrogens (tertiary/aromatic N) is 1. The summed E-state index contributed by atoms with van der Waals surface area (Å²) in [7, 11) is 0. The van der Waals surface area contributed by atoms with Crippen molar-refractivity contribution >= 4 is 32.4 Å². The van der Waals surface area contributed by atoms with Crippen LogP contribution in [0.2, 0.25) is 0 Å². The highest BCUT2D eigenvalue weighted by molar-refractivity contribution is 9.08. The summed E-state index contributed by atoms with van der Waals surface area (Å²) in [4.78, 5) is 5.17. The van der Waals surface area contributed by atoms with Crippen LogP contribution in [0.5, 0.6) is 0 Å². The van der Waals surface area contributed by atoms with E-state index in [0.29, 0.717) is 10.5 Å². The number of benzene rings is 1. The predicted octanol–water partition coefficient (Wildman–Crippen LogP) is 3.43. The van der Waals surface area contributed by atoms with E-state index in [9.17, 15) is 4.39 Å². The van der Waals surface area contributed by atoms with Crippen LogP contribution in [0.1, 0.15) is 5.69 Å². The van der Waals surface area contributed by atoms with Gasteiger partial charge in [0.05, 0.1) is 10.6 Å². The Morgan fingerprint density at radius 2 is 2.00 bits per heavy atom. The van der Waals surface area contributed by atoms with Crippen LogP contribution in [0, 0.1) is 5.82 Å². The lowest BCUT2D eigenvalue weighted by molar-refractivity contribution is 0.628. The van der Waals surface area contributed by atoms with Gasteiger partial charge in [-0.3, -0.25) is 0 Å². The van der Waals surface area contributed by atoms with Crippen LogP contribution >= 0.6 is 27.3 Å². The number of hydrogen-bond donors (Lipinski definition) is 1. The fourth-order valence-electron chi connectivity index (χ4n) is 1.29. The van der Waals surface area contributed by atoms with Crippen molar-refractivity contribution in [3.8, 4) is 10.4 Å². The first-order valence-corrected chi connectivity index (χ1v) is 6.21. The van der Waals surface area contributed by atoms with E-state index in [1.165, 1.54) is 23.5 Å². The second-order valence-corrected chi connectivity index (χ2v) is 4.56. The molecule has 0 spiro atoms. The molecule has 0 saturated carbocycles. The molecule has 1 aromatic carbocycles. The third-order valence-corrected chi connectivity index (χ3v) is 3.45. The molecule has 0 aliphatic heterocycles. The van der Waals surface area contributed by atoms with Crippen molar-refractivity contribution in [1.29, 1.82) is 0 Å². The van der Waals surface area contributed by atoms with Gasteiger partial charge in [-0.2, -0.15) is 0 Å². The first kappa shape index (κ1) is 10.6. The molecule has 2 aromatic rings. The van der Waals surface area contributed by atoms with Crippen molar-refractivity contribution in [2.45, 2.75) is 5.33 Å². The molecular weight excluding hydrogens is 279 g/mol. The Bertz CT molecular complexity index is 467. The molecule has 5 heteroatoms. The number of nitrogens with two attached hydrogens (primary N) is 1. The minimum atomic E-state index is -0.239. The molecule has 0 atom stereocenters. The van der Waals surface area contributed by atoms with E-state index in [1.54, 1.807) is 12.1 Å². The smallest absolute Gasteiger partial charge is 0.180 e. The minimum absolute atomic E-state index is 0.239. The Balaban J connectivity index is 2.48. The van der Waals surface area contributed by atoms with Crippen LogP contribution in [0.15, 0.2) is 24.3 Å². The monoisotopic (exact) mass is 286 g/mol. The fourth-order valence-corrected chi connectivity index (χ4v) is 2.73. The lowest BCUT2D eigenvalue weighted by Crippen LogP contribution is -1.84. The molecule has 78 valence electrons. The molecule has 1 heterocycles. The number of anilines is 1. The molecule has 0 aliphatic carbocycles. The van der Waals surface area contributed by atoms with Crippen molar-refractivity contribution in [3.05, 3.63) is 35.8 Å². The maximum absolute atomic E-state index is 12.7. The lowest BCUT2D eigenvalue weighted by Gasteiger charge is -1.98. The van der Waals surface area contributed by atoms with Gasteiger partial charge in [-0.15, -0.1) is 0 Å². The van der Waals surface area contributed by atoms with Crippen LogP contribution < -0.4 is 5.73 Å². The number of nitrogen functional groups attached to an aromatic ring is 1. The molecule has 2 N–H and O–H groups in total. The number of hydrogen-bond acceptors (Lipinski definition) is 3. The first-order chi connectivity index (χ1) is 7.20. The highest BCUT2D eigenvalue weighted by Crippen LogP contribution is 2.32. The summed E-state index contributed by atoms with van der Waals surface area (Å²) in [6.45, 7) is 0. The van der Waals surface area contributed by atoms with Gasteiger partial charge in [-0.25, -0.2) is 9.37 Å². The van der Waals surface area contributed by atoms with Gasteiger partial charge in [0.25, 0.3) is 0 Å². The quantitative estimate of drug-likeness (QED) is 0.859. The maximum Gasteiger partial charge on any atom is 0.180 e. The van der Waals surface area contributed by atoms with Gasteiger partial charge in [0.15, 0.2) is 5.13 Å². The van der Waals surface area contributed by atoms with Crippen molar-refractivity contribution in [3.63, 3.8) is 0 Å². The summed E-state index contributed by atoms with van der Waals surface area (Å²) >= 11 is 4.76. The van der Waals surface area contributed by atoms with Gasteiger partial charge in [0.1, 0.15) is 5.82 Å². The van der Waals surface area contributed by atoms with Crippen LogP contribution in [-0.4, -0.2) is 4.98 Å². The number of aromatic nitrogens is 1. The van der Waals surface area contributed by atoms with Gasteiger partial charge in [0.2, 0.25) is 0 Å². The van der Waals surface area contributed by atoms with Gasteiger partial charge >= 0.3 is 0 Å². The Kier molecular flexibility index (Phi) is 3.02. The molecule has 0 saturated heterocycles. The van der Waals surface area contributed by atoms with Crippen LogP contribution in [0.4, 0.5) is 9.52 Å². The van der Waals surface area contributed by atoms with Gasteiger partial charge < -0.3 is 5.73 Å². The van der Waals surface area contributed by atoms with E-state index >= 15 is 0 Å². The summed E-state index contributed by atoms with van der Waals surface area (Å²) in [5.41, 5.74) is 7.47. The van der Waals surface area contributed by atoms with Gasteiger partial charge in [0, 0.05) is 5.33 Å². The Hall–Kier alpha value is -0.940. The third-order valence-electron chi connectivity index (χ3n) is 1.95. The van der Waals surface area contributed by atoms with Gasteiger partial charge in [-0.1, -0.05) is 39.4 Å². The first-order valence-electron chi connectivity index (χ1n) is 4.28. The second-order valence-electron chi connectivity index (χ2n) is 2.97. The van der Waals surface area contributed by atoms with Crippen LogP contribution in [-0.2, 0) is 5.33 Å². The summed E-state index contributed by atoms with van der Waals surface area (Å²) in [6.07, 6.45) is 0. The molecule has 0 amide bonds. The van der Waals surface area contributed by atoms with E-state index in [-0.39, 0.29) is 5.82 Å². The highest BCUT2D eigenvalue weighted by atomic mass is 79.9. The van der Waals surface area contributed by atoms with Crippen molar-refractivity contribution < 1.29 is 4.39 Å². The molecule has 0 radical (unpaired) electrons. The number of alkyl halides is 1. The average molecular weight is 287 g/mol. The largest absolute Gasteiger partial charge is 0.375 e. The second kappa shape index (κ2) is 4.28. The zero-order valence-electron chi connectivity index (χ0n) is 7.71. The third kappa shape index (κ3) is 2.18. The summed E-state index contributed by atoms with van der Waals surface area (Å²) < 4.78 is 12.7. The topological polar surface area (TPSA) is 38.9 Å². The molecule has 2 rings (SSSR count). The molecule has 1 aromatic heterocycles. The van der Waals surface area contributed by atoms with Crippen molar-refractivity contribution in [2.24, 2.45) is 0 Å². The fraction of sp³-hybridized carbons (Fsp3) is 0.100. The molecule has 2 nitrogen and oxygen atoms in total. The lowest BCUT2D eigenvalue weighted by atomic mass is 10.1. The Labute approximate surface area is 99.1 Å². The maximum atomic E-state index is 12.7. The predicted molar refractivity (Wildman–Crippen MR) is 64.6 cm³/mol. The number of rotatable bonds is 2. The molecule has 0 aliphatic rings. The SMILES string of the molecule is Nc1nc(CBr)c(-c2ccc(F)cc2)s1. The van der Waals surface area contributed by atoms with E-state index in [1.807, 2.05) is 0 Å². The summed E-state index contributed by atoms with van der Waals surface area (Å²) in [5, 5.41) is 1.18. The molecule has 15 heavy (non-hydrogen) atoms. The standard InChI is InChI=1S/C10H8BrFN2S/c11-5-8-9(15-10(13)14-8)6-1-3-7(12)4-2-6/h1-4H,5H2,(H2,13,14). The van der Waals surface area contributed by atoms with E-state index < -0.39 is 0 Å². The van der Waals surface area contributed by atoms with Crippen LogP contribution in [0.3, 0.4) is 0 Å². The van der Waals surface area contributed by atoms with Crippen molar-refractivity contribution in [1.82, 2.24) is 4.98 Å². The molecule has 0 unspecified atom stereocenters. The van der Waals surface area contributed by atoms with E-state index in [4.69, 9.17) is 5.73 Å². The highest BCUT2D eigenvalue weighted by Gasteiger charge is 2.10. The number of thiazole rings is 1. The van der Waals surface area contributed by atoms with E-state index in [2.05, 4.69) is 20.9 Å². The Morgan fingerprint density at radius 1 is 1.33 bits per heavy atom. The average Bonchev–Trinajstić information content (AvgIpc) is 2.61. The van der Waals surface area contributed by atoms with Crippen LogP contribution in [0.25, 0.3) is 10.4 Å². The summed E-state index contributed by atoms with van der Waals surface area (Å²) in [6, 6.07) is 6.33. The Morgan fingerprint density at radius 3 is 2.60 bits per heavy atom. The molecule has 0 fully saturated rings. The van der Waals surface area contributed by atoms with E-state index in [0.717, 1.165) is 16.1 Å². The zero-order chi connectivity index (χ0) is 10.8. The summed E-state index contributed by atoms with van der Waals surface area (Å²) in [5.74, 6) is -0.239. The molecular formula is C10H8BrFN2S. The minimum Gasteiger partial charge on any atom is -0.375 e. The van der Waals surface area contributed by atoms with Crippen molar-refractivity contribution in [2.75, 3.05) is 5.73 Å². The molecule has 0 bridgehead atoms. The normalized spacial score (nSPS) is 10.5.